The maximum atomic E-state index is 12.8. The van der Waals surface area contributed by atoms with Gasteiger partial charge in [0.15, 0.2) is 6.10 Å². The van der Waals surface area contributed by atoms with Gasteiger partial charge in [-0.1, -0.05) is 192 Å². The first-order valence-electron chi connectivity index (χ1n) is 25.6. The average molecular weight is 963 g/mol. The van der Waals surface area contributed by atoms with Crippen molar-refractivity contribution in [2.75, 3.05) is 47.5 Å². The second-order valence-electron chi connectivity index (χ2n) is 17.5. The summed E-state index contributed by atoms with van der Waals surface area (Å²) in [6.45, 7) is 4.03. The molecule has 0 heterocycles. The Labute approximate surface area is 414 Å². The first-order valence-corrected chi connectivity index (χ1v) is 27.1. The highest BCUT2D eigenvalue weighted by molar-refractivity contribution is 7.47. The molecule has 0 radical (unpaired) electrons. The predicted molar refractivity (Wildman–Crippen MR) is 288 cm³/mol. The van der Waals surface area contributed by atoms with E-state index < -0.39 is 32.5 Å². The molecule has 0 aromatic rings. The topological polar surface area (TPSA) is 108 Å². The maximum absolute atomic E-state index is 12.8. The fraction of sp³-hybridized carbons (Fsp3) is 0.552. The smallest absolute Gasteiger partial charge is 0.461 e. The molecule has 10 heteroatoms. The number of carbonyl (C=O) groups is 2. The molecule has 0 aliphatic rings. The van der Waals surface area contributed by atoms with Crippen molar-refractivity contribution in [1.82, 2.24) is 0 Å². The number of phosphoric acid groups is 1. The second kappa shape index (κ2) is 47.9. The van der Waals surface area contributed by atoms with E-state index in [1.165, 1.54) is 12.8 Å². The molecule has 0 amide bonds. The molecule has 0 aromatic heterocycles. The summed E-state index contributed by atoms with van der Waals surface area (Å²) in [5, 5.41) is 0. The van der Waals surface area contributed by atoms with Gasteiger partial charge in [-0.25, -0.2) is 4.57 Å². The summed E-state index contributed by atoms with van der Waals surface area (Å²) in [6, 6.07) is 0. The molecule has 0 saturated heterocycles. The van der Waals surface area contributed by atoms with Gasteiger partial charge >= 0.3 is 19.8 Å². The molecule has 2 unspecified atom stereocenters. The minimum absolute atomic E-state index is 0.00669. The number of esters is 2. The lowest BCUT2D eigenvalue weighted by atomic mass is 10.1. The van der Waals surface area contributed by atoms with Crippen LogP contribution in [0.5, 0.6) is 0 Å². The molecule has 0 aliphatic heterocycles. The van der Waals surface area contributed by atoms with Crippen molar-refractivity contribution in [2.45, 2.75) is 161 Å². The van der Waals surface area contributed by atoms with Crippen LogP contribution in [0, 0.1) is 0 Å². The molecule has 0 spiro atoms. The number of likely N-dealkylation sites (N-methyl/N-ethyl adjacent to an activating group) is 1. The van der Waals surface area contributed by atoms with Crippen molar-refractivity contribution in [1.29, 1.82) is 0 Å². The Balaban J connectivity index is 4.36. The van der Waals surface area contributed by atoms with E-state index in [0.29, 0.717) is 23.9 Å². The zero-order chi connectivity index (χ0) is 49.9. The van der Waals surface area contributed by atoms with Gasteiger partial charge in [0.2, 0.25) is 0 Å². The summed E-state index contributed by atoms with van der Waals surface area (Å²) < 4.78 is 34.3. The van der Waals surface area contributed by atoms with Crippen molar-refractivity contribution >= 4 is 19.8 Å². The van der Waals surface area contributed by atoms with Gasteiger partial charge in [-0.2, -0.15) is 0 Å². The van der Waals surface area contributed by atoms with Crippen LogP contribution in [-0.2, 0) is 32.7 Å². The van der Waals surface area contributed by atoms with Crippen LogP contribution < -0.4 is 0 Å². The number of hydrogen-bond donors (Lipinski definition) is 1. The van der Waals surface area contributed by atoms with E-state index in [9.17, 15) is 19.0 Å². The lowest BCUT2D eigenvalue weighted by Gasteiger charge is -2.24. The summed E-state index contributed by atoms with van der Waals surface area (Å²) in [5.41, 5.74) is 0. The zero-order valence-electron chi connectivity index (χ0n) is 43.0. The van der Waals surface area contributed by atoms with Crippen LogP contribution in [0.1, 0.15) is 155 Å². The van der Waals surface area contributed by atoms with Crippen LogP contribution in [0.3, 0.4) is 0 Å². The standard InChI is InChI=1S/C58H92NO8P/c1-6-8-10-12-14-16-18-20-22-23-24-25-26-27-28-29-30-31-32-33-34-35-37-39-41-43-45-47-49-51-58(61)67-56(55-66-68(62,63)65-53-52-59(3,4)5)54-64-57(60)50-48-46-44-42-40-38-36-21-19-17-15-13-11-9-7-2/h8-11,14-17,20-22,24-25,27-28,30-31,33-34,36,40,42,46,48,56H,6-7,12-13,18-19,23,26,29,32,35,37-39,41,43-45,47,49-55H2,1-5H3/p+1/b10-8-,11-9-,16-14-,17-15-,22-20-,25-24-,28-27-,31-30-,34-33-,36-21-,42-40-,48-46-. The van der Waals surface area contributed by atoms with Gasteiger partial charge in [0.1, 0.15) is 19.8 Å². The van der Waals surface area contributed by atoms with E-state index in [0.717, 1.165) is 103 Å². The molecule has 0 aliphatic carbocycles. The first-order chi connectivity index (χ1) is 33.0. The van der Waals surface area contributed by atoms with Gasteiger partial charge in [-0.3, -0.25) is 18.6 Å². The van der Waals surface area contributed by atoms with Crippen molar-refractivity contribution in [2.24, 2.45) is 0 Å². The van der Waals surface area contributed by atoms with E-state index in [2.05, 4.69) is 141 Å². The molecule has 68 heavy (non-hydrogen) atoms. The highest BCUT2D eigenvalue weighted by Gasteiger charge is 2.27. The SMILES string of the molecule is CC/C=C\C/C=C\C/C=C\C/C=C\C/C=C\C/C=C\C/C=C\CCCCCCCCCC(=O)OC(COC(=O)C/C=C\C/C=C\C/C=C\C/C=C\C/C=C\CC)COP(=O)(O)OCC[N+](C)(C)C. The quantitative estimate of drug-likeness (QED) is 0.0211. The molecule has 1 N–H and O–H groups in total. The Morgan fingerprint density at radius 1 is 0.471 bits per heavy atom. The number of unbranched alkanes of at least 4 members (excludes halogenated alkanes) is 7. The lowest BCUT2D eigenvalue weighted by Crippen LogP contribution is -2.37. The average Bonchev–Trinajstić information content (AvgIpc) is 3.30. The number of ether oxygens (including phenoxy) is 2. The second-order valence-corrected chi connectivity index (χ2v) is 18.9. The Kier molecular flexibility index (Phi) is 45.0. The number of carbonyl (C=O) groups excluding carboxylic acids is 2. The van der Waals surface area contributed by atoms with Crippen LogP contribution in [0.25, 0.3) is 0 Å². The number of phosphoric ester groups is 1. The van der Waals surface area contributed by atoms with Crippen LogP contribution in [0.2, 0.25) is 0 Å². The van der Waals surface area contributed by atoms with Gasteiger partial charge in [0.05, 0.1) is 34.2 Å². The fourth-order valence-corrected chi connectivity index (χ4v) is 6.75. The monoisotopic (exact) mass is 963 g/mol. The molecule has 0 saturated carbocycles. The maximum Gasteiger partial charge on any atom is 0.472 e. The lowest BCUT2D eigenvalue weighted by molar-refractivity contribution is -0.870. The summed E-state index contributed by atoms with van der Waals surface area (Å²) >= 11 is 0. The molecular formula is C58H93NO8P+. The zero-order valence-corrected chi connectivity index (χ0v) is 43.9. The molecule has 0 fully saturated rings. The van der Waals surface area contributed by atoms with E-state index in [4.69, 9.17) is 18.5 Å². The molecule has 9 nitrogen and oxygen atoms in total. The van der Waals surface area contributed by atoms with Gasteiger partial charge in [0, 0.05) is 6.42 Å². The summed E-state index contributed by atoms with van der Waals surface area (Å²) in [7, 11) is 1.40. The van der Waals surface area contributed by atoms with Crippen molar-refractivity contribution in [3.05, 3.63) is 146 Å². The van der Waals surface area contributed by atoms with Crippen LogP contribution >= 0.6 is 7.82 Å². The van der Waals surface area contributed by atoms with Crippen LogP contribution in [0.4, 0.5) is 0 Å². The Hall–Kier alpha value is -4.11. The van der Waals surface area contributed by atoms with Crippen LogP contribution in [-0.4, -0.2) is 74.9 Å². The molecular weight excluding hydrogens is 870 g/mol. The Morgan fingerprint density at radius 3 is 1.25 bits per heavy atom. The van der Waals surface area contributed by atoms with Crippen LogP contribution in [0.15, 0.2) is 146 Å². The summed E-state index contributed by atoms with van der Waals surface area (Å²) in [6.07, 6.45) is 70.8. The van der Waals surface area contributed by atoms with Crippen molar-refractivity contribution in [3.8, 4) is 0 Å². The Bertz CT molecular complexity index is 1650. The molecule has 0 aromatic carbocycles. The van der Waals surface area contributed by atoms with Gasteiger partial charge in [-0.15, -0.1) is 0 Å². The largest absolute Gasteiger partial charge is 0.472 e. The molecule has 0 bridgehead atoms. The Morgan fingerprint density at radius 2 is 0.838 bits per heavy atom. The highest BCUT2D eigenvalue weighted by Crippen LogP contribution is 2.43. The minimum Gasteiger partial charge on any atom is -0.461 e. The van der Waals surface area contributed by atoms with Gasteiger partial charge in [-0.05, 0) is 96.3 Å². The van der Waals surface area contributed by atoms with E-state index in [1.54, 1.807) is 6.08 Å². The third-order valence-corrected chi connectivity index (χ3v) is 10.9. The summed E-state index contributed by atoms with van der Waals surface area (Å²) in [5.74, 6) is -0.974. The van der Waals surface area contributed by atoms with Gasteiger partial charge < -0.3 is 18.9 Å². The first kappa shape index (κ1) is 63.9. The predicted octanol–water partition coefficient (Wildman–Crippen LogP) is 15.6. The minimum atomic E-state index is -4.42. The number of hydrogen-bond acceptors (Lipinski definition) is 7. The van der Waals surface area contributed by atoms with Crippen molar-refractivity contribution in [3.63, 3.8) is 0 Å². The summed E-state index contributed by atoms with van der Waals surface area (Å²) in [4.78, 5) is 35.5. The fourth-order valence-electron chi connectivity index (χ4n) is 6.01. The number of rotatable bonds is 44. The number of quaternary nitrogens is 1. The van der Waals surface area contributed by atoms with E-state index in [1.807, 2.05) is 33.3 Å². The van der Waals surface area contributed by atoms with Gasteiger partial charge in [0.25, 0.3) is 0 Å². The molecule has 382 valence electrons. The third kappa shape index (κ3) is 51.3. The van der Waals surface area contributed by atoms with E-state index in [-0.39, 0.29) is 26.1 Å². The highest BCUT2D eigenvalue weighted by atomic mass is 31.2. The molecule has 0 rings (SSSR count). The molecule has 2 atom stereocenters. The normalized spacial score (nSPS) is 14.6. The third-order valence-electron chi connectivity index (χ3n) is 9.90. The van der Waals surface area contributed by atoms with E-state index >= 15 is 0 Å². The number of nitrogens with zero attached hydrogens (tertiary/aromatic N) is 1. The number of allylic oxidation sites excluding steroid dienone is 23. The van der Waals surface area contributed by atoms with Crippen molar-refractivity contribution < 1.29 is 42.1 Å².